The van der Waals surface area contributed by atoms with Crippen LogP contribution < -0.4 is 5.43 Å². The van der Waals surface area contributed by atoms with Crippen LogP contribution in [-0.2, 0) is 11.3 Å². The van der Waals surface area contributed by atoms with Crippen molar-refractivity contribution in [2.45, 2.75) is 58.7 Å². The molecule has 28 heavy (non-hydrogen) atoms. The van der Waals surface area contributed by atoms with Crippen molar-refractivity contribution in [3.63, 3.8) is 0 Å². The third-order valence-corrected chi connectivity index (χ3v) is 7.90. The summed E-state index contributed by atoms with van der Waals surface area (Å²) < 4.78 is 7.36. The number of amides is 1. The fraction of sp³-hybridized carbons (Fsp3) is 0.600. The van der Waals surface area contributed by atoms with E-state index in [4.69, 9.17) is 4.42 Å². The second-order valence-corrected chi connectivity index (χ2v) is 9.35. The average Bonchev–Trinajstić information content (AvgIpc) is 3.41. The lowest BCUT2D eigenvalue weighted by Crippen LogP contribution is -2.34. The molecule has 7 nitrogen and oxygen atoms in total. The monoisotopic (exact) mass is 401 g/mol. The van der Waals surface area contributed by atoms with Crippen LogP contribution in [0.25, 0.3) is 11.6 Å². The molecule has 2 saturated carbocycles. The van der Waals surface area contributed by atoms with Crippen molar-refractivity contribution < 1.29 is 9.21 Å². The Hall–Kier alpha value is -2.09. The molecule has 2 aliphatic rings. The molecule has 2 aromatic rings. The smallest absolute Gasteiger partial charge is 0.250 e. The second-order valence-electron chi connectivity index (χ2n) is 8.40. The summed E-state index contributed by atoms with van der Waals surface area (Å²) in [6.45, 7) is 9.67. The Morgan fingerprint density at radius 2 is 2.25 bits per heavy atom. The number of rotatable bonds is 6. The minimum Gasteiger partial charge on any atom is -0.461 e. The van der Waals surface area contributed by atoms with E-state index in [9.17, 15) is 4.79 Å². The molecule has 0 saturated heterocycles. The van der Waals surface area contributed by atoms with Gasteiger partial charge in [-0.3, -0.25) is 9.36 Å². The summed E-state index contributed by atoms with van der Waals surface area (Å²) >= 11 is 1.36. The van der Waals surface area contributed by atoms with E-state index >= 15 is 0 Å². The lowest BCUT2D eigenvalue weighted by molar-refractivity contribution is -0.118. The maximum absolute atomic E-state index is 12.4. The van der Waals surface area contributed by atoms with Crippen molar-refractivity contribution in [1.29, 1.82) is 0 Å². The van der Waals surface area contributed by atoms with Crippen LogP contribution in [0.1, 0.15) is 47.0 Å². The zero-order chi connectivity index (χ0) is 19.9. The van der Waals surface area contributed by atoms with Gasteiger partial charge in [-0.25, -0.2) is 5.43 Å². The van der Waals surface area contributed by atoms with Gasteiger partial charge < -0.3 is 4.42 Å². The van der Waals surface area contributed by atoms with Crippen LogP contribution in [0.15, 0.2) is 33.1 Å². The maximum Gasteiger partial charge on any atom is 0.250 e. The molecular formula is C20H27N5O2S. The predicted octanol–water partition coefficient (Wildman–Crippen LogP) is 3.97. The molecule has 2 atom stereocenters. The Morgan fingerprint density at radius 3 is 2.86 bits per heavy atom. The number of nitrogens with zero attached hydrogens (tertiary/aromatic N) is 4. The summed E-state index contributed by atoms with van der Waals surface area (Å²) in [7, 11) is 0. The van der Waals surface area contributed by atoms with E-state index in [1.165, 1.54) is 18.2 Å². The van der Waals surface area contributed by atoms with E-state index < -0.39 is 0 Å². The first-order chi connectivity index (χ1) is 13.4. The Labute approximate surface area is 169 Å². The summed E-state index contributed by atoms with van der Waals surface area (Å²) in [5, 5.41) is 13.6. The van der Waals surface area contributed by atoms with Gasteiger partial charge in [-0.15, -0.1) is 10.2 Å². The fourth-order valence-corrected chi connectivity index (χ4v) is 5.45. The summed E-state index contributed by atoms with van der Waals surface area (Å²) in [5.74, 6) is 2.14. The van der Waals surface area contributed by atoms with Crippen molar-refractivity contribution in [2.24, 2.45) is 21.8 Å². The highest BCUT2D eigenvalue weighted by molar-refractivity contribution is 7.99. The molecule has 150 valence electrons. The van der Waals surface area contributed by atoms with Crippen molar-refractivity contribution in [3.05, 3.63) is 18.4 Å². The van der Waals surface area contributed by atoms with Crippen LogP contribution in [0, 0.1) is 16.7 Å². The quantitative estimate of drug-likeness (QED) is 0.585. The number of hydrogen-bond donors (Lipinski definition) is 1. The first kappa shape index (κ1) is 19.2. The third-order valence-electron chi connectivity index (χ3n) is 6.93. The molecule has 0 aromatic carbocycles. The normalized spacial score (nSPS) is 26.9. The van der Waals surface area contributed by atoms with E-state index in [-0.39, 0.29) is 22.5 Å². The van der Waals surface area contributed by atoms with Crippen molar-refractivity contribution in [1.82, 2.24) is 20.2 Å². The predicted molar refractivity (Wildman–Crippen MR) is 109 cm³/mol. The number of aromatic nitrogens is 3. The Bertz CT molecular complexity index is 902. The summed E-state index contributed by atoms with van der Waals surface area (Å²) in [4.78, 5) is 12.4. The molecule has 2 heterocycles. The minimum absolute atomic E-state index is 0.0957. The highest BCUT2D eigenvalue weighted by Crippen LogP contribution is 2.63. The van der Waals surface area contributed by atoms with E-state index in [1.54, 1.807) is 6.26 Å². The maximum atomic E-state index is 12.4. The summed E-state index contributed by atoms with van der Waals surface area (Å²) in [6, 6.07) is 3.67. The van der Waals surface area contributed by atoms with Gasteiger partial charge in [-0.2, -0.15) is 5.10 Å². The van der Waals surface area contributed by atoms with Crippen molar-refractivity contribution in [2.75, 3.05) is 5.75 Å². The Morgan fingerprint density at radius 1 is 1.43 bits per heavy atom. The molecule has 1 N–H and O–H groups in total. The molecular weight excluding hydrogens is 374 g/mol. The first-order valence-electron chi connectivity index (χ1n) is 9.82. The van der Waals surface area contributed by atoms with Gasteiger partial charge in [0, 0.05) is 17.7 Å². The van der Waals surface area contributed by atoms with Crippen molar-refractivity contribution >= 4 is 23.4 Å². The SMILES string of the molecule is CCn1c(SCC(=O)N/N=C2\C[C@H]3CC[C@@]2(C)C3(C)C)nnc1-c1ccco1. The highest BCUT2D eigenvalue weighted by Gasteiger charge is 2.60. The van der Waals surface area contributed by atoms with E-state index in [0.717, 1.165) is 18.6 Å². The molecule has 1 amide bonds. The topological polar surface area (TPSA) is 85.3 Å². The number of carbonyl (C=O) groups excluding carboxylic acids is 1. The minimum atomic E-state index is -0.119. The van der Waals surface area contributed by atoms with Gasteiger partial charge in [0.05, 0.1) is 12.0 Å². The van der Waals surface area contributed by atoms with Gasteiger partial charge in [0.15, 0.2) is 16.7 Å². The van der Waals surface area contributed by atoms with Gasteiger partial charge in [0.1, 0.15) is 0 Å². The lowest BCUT2D eigenvalue weighted by atomic mass is 9.70. The lowest BCUT2D eigenvalue weighted by Gasteiger charge is -2.34. The Kier molecular flexibility index (Phi) is 4.85. The molecule has 8 heteroatoms. The molecule has 0 aliphatic heterocycles. The van der Waals surface area contributed by atoms with Gasteiger partial charge in [0.25, 0.3) is 5.91 Å². The molecule has 2 aromatic heterocycles. The fourth-order valence-electron chi connectivity index (χ4n) is 4.66. The molecule has 4 rings (SSSR count). The van der Waals surface area contributed by atoms with Gasteiger partial charge in [-0.1, -0.05) is 32.5 Å². The largest absolute Gasteiger partial charge is 0.461 e. The standard InChI is InChI=1S/C20H27N5O2S/c1-5-25-17(14-7-6-10-27-14)23-24-18(25)28-12-16(26)22-21-15-11-13-8-9-20(15,4)19(13,2)3/h6-7,10,13H,5,8-9,11-12H2,1-4H3,(H,22,26)/b21-15+/t13-,20-/m1/s1. The first-order valence-corrected chi connectivity index (χ1v) is 10.8. The number of carbonyl (C=O) groups is 1. The molecule has 2 bridgehead atoms. The molecule has 0 radical (unpaired) electrons. The molecule has 2 aliphatic carbocycles. The summed E-state index contributed by atoms with van der Waals surface area (Å²) in [5.41, 5.74) is 4.26. The van der Waals surface area contributed by atoms with E-state index in [0.29, 0.717) is 29.2 Å². The van der Waals surface area contributed by atoms with Crippen LogP contribution in [0.5, 0.6) is 0 Å². The molecule has 0 spiro atoms. The zero-order valence-corrected chi connectivity index (χ0v) is 17.7. The van der Waals surface area contributed by atoms with Gasteiger partial charge in [0.2, 0.25) is 0 Å². The summed E-state index contributed by atoms with van der Waals surface area (Å²) in [6.07, 6.45) is 5.02. The Balaban J connectivity index is 1.38. The number of hydrogen-bond acceptors (Lipinski definition) is 6. The number of fused-ring (bicyclic) bond motifs is 2. The van der Waals surface area contributed by atoms with Crippen LogP contribution in [-0.4, -0.2) is 32.1 Å². The third kappa shape index (κ3) is 2.98. The second kappa shape index (κ2) is 7.06. The number of furan rings is 1. The van der Waals surface area contributed by atoms with Crippen LogP contribution in [0.2, 0.25) is 0 Å². The average molecular weight is 402 g/mol. The van der Waals surface area contributed by atoms with E-state index in [2.05, 4.69) is 41.5 Å². The van der Waals surface area contributed by atoms with Gasteiger partial charge in [-0.05, 0) is 49.7 Å². The highest BCUT2D eigenvalue weighted by atomic mass is 32.2. The molecule has 2 fully saturated rings. The van der Waals surface area contributed by atoms with Crippen molar-refractivity contribution in [3.8, 4) is 11.6 Å². The van der Waals surface area contributed by atoms with E-state index in [1.807, 2.05) is 23.6 Å². The van der Waals surface area contributed by atoms with Crippen LogP contribution in [0.3, 0.4) is 0 Å². The number of nitrogens with one attached hydrogen (secondary N) is 1. The van der Waals surface area contributed by atoms with Crippen LogP contribution >= 0.6 is 11.8 Å². The van der Waals surface area contributed by atoms with Gasteiger partial charge >= 0.3 is 0 Å². The zero-order valence-electron chi connectivity index (χ0n) is 16.9. The number of thioether (sulfide) groups is 1. The number of hydrazone groups is 1. The molecule has 0 unspecified atom stereocenters. The van der Waals surface area contributed by atoms with Crippen LogP contribution in [0.4, 0.5) is 0 Å².